The Labute approximate surface area is 165 Å². The molecular formula is C23H26N2OS. The van der Waals surface area contributed by atoms with E-state index >= 15 is 0 Å². The third-order valence-corrected chi connectivity index (χ3v) is 5.60. The fraction of sp³-hybridized carbons (Fsp3) is 0.304. The molecule has 0 N–H and O–H groups in total. The van der Waals surface area contributed by atoms with Crippen molar-refractivity contribution in [1.29, 1.82) is 0 Å². The lowest BCUT2D eigenvalue weighted by atomic mass is 10.1. The van der Waals surface area contributed by atoms with Gasteiger partial charge >= 0.3 is 0 Å². The first-order valence-corrected chi connectivity index (χ1v) is 10.3. The Hall–Kier alpha value is -2.33. The van der Waals surface area contributed by atoms with Gasteiger partial charge in [0.15, 0.2) is 0 Å². The Morgan fingerprint density at radius 1 is 1.04 bits per heavy atom. The number of amides is 1. The summed E-state index contributed by atoms with van der Waals surface area (Å²) in [7, 11) is 0. The predicted molar refractivity (Wildman–Crippen MR) is 114 cm³/mol. The Kier molecular flexibility index (Phi) is 6.17. The predicted octanol–water partition coefficient (Wildman–Crippen LogP) is 5.38. The van der Waals surface area contributed by atoms with Gasteiger partial charge in [-0.3, -0.25) is 4.79 Å². The maximum atomic E-state index is 12.9. The molecule has 3 nitrogen and oxygen atoms in total. The monoisotopic (exact) mass is 378 g/mol. The van der Waals surface area contributed by atoms with Crippen LogP contribution in [0.2, 0.25) is 0 Å². The highest BCUT2D eigenvalue weighted by Crippen LogP contribution is 2.26. The van der Waals surface area contributed by atoms with E-state index in [1.165, 1.54) is 22.7 Å². The van der Waals surface area contributed by atoms with Crippen LogP contribution in [0.15, 0.2) is 59.6 Å². The van der Waals surface area contributed by atoms with Gasteiger partial charge < -0.3 is 4.90 Å². The van der Waals surface area contributed by atoms with Crippen LogP contribution in [0.4, 0.5) is 0 Å². The topological polar surface area (TPSA) is 33.2 Å². The van der Waals surface area contributed by atoms with Crippen molar-refractivity contribution >= 4 is 28.6 Å². The number of carbonyl (C=O) groups is 1. The van der Waals surface area contributed by atoms with Gasteiger partial charge in [-0.25, -0.2) is 4.98 Å². The van der Waals surface area contributed by atoms with Gasteiger partial charge in [0.2, 0.25) is 5.91 Å². The van der Waals surface area contributed by atoms with Gasteiger partial charge in [-0.15, -0.1) is 0 Å². The smallest absolute Gasteiger partial charge is 0.233 e. The van der Waals surface area contributed by atoms with Crippen LogP contribution in [0, 0.1) is 13.8 Å². The fourth-order valence-electron chi connectivity index (χ4n) is 3.16. The SMILES string of the molecule is Cc1cc(SCC(=O)N(Cc2ccccc2)C(C)C)nc2c(C)cccc12. The second-order valence-electron chi connectivity index (χ2n) is 7.14. The van der Waals surface area contributed by atoms with Crippen molar-refractivity contribution in [2.75, 3.05) is 5.75 Å². The molecule has 0 atom stereocenters. The van der Waals surface area contributed by atoms with Crippen LogP contribution in [-0.4, -0.2) is 27.6 Å². The Balaban J connectivity index is 1.73. The van der Waals surface area contributed by atoms with Crippen LogP contribution < -0.4 is 0 Å². The average Bonchev–Trinajstić information content (AvgIpc) is 2.65. The van der Waals surface area contributed by atoms with Gasteiger partial charge in [0.1, 0.15) is 0 Å². The summed E-state index contributed by atoms with van der Waals surface area (Å²) in [6.45, 7) is 8.95. The molecule has 1 aromatic heterocycles. The van der Waals surface area contributed by atoms with E-state index in [4.69, 9.17) is 4.98 Å². The van der Waals surface area contributed by atoms with Crippen molar-refractivity contribution in [2.45, 2.75) is 45.3 Å². The summed E-state index contributed by atoms with van der Waals surface area (Å²) >= 11 is 1.52. The summed E-state index contributed by atoms with van der Waals surface area (Å²) < 4.78 is 0. The van der Waals surface area contributed by atoms with Crippen molar-refractivity contribution in [3.63, 3.8) is 0 Å². The Morgan fingerprint density at radius 3 is 2.48 bits per heavy atom. The largest absolute Gasteiger partial charge is 0.335 e. The minimum absolute atomic E-state index is 0.142. The molecule has 0 fully saturated rings. The number of rotatable bonds is 6. The third kappa shape index (κ3) is 4.69. The maximum absolute atomic E-state index is 12.9. The molecule has 0 saturated carbocycles. The van der Waals surface area contributed by atoms with Crippen molar-refractivity contribution in [2.24, 2.45) is 0 Å². The van der Waals surface area contributed by atoms with Gasteiger partial charge in [-0.05, 0) is 50.5 Å². The number of nitrogens with zero attached hydrogens (tertiary/aromatic N) is 2. The van der Waals surface area contributed by atoms with Crippen LogP contribution in [0.1, 0.15) is 30.5 Å². The second-order valence-corrected chi connectivity index (χ2v) is 8.13. The highest BCUT2D eigenvalue weighted by Gasteiger charge is 2.18. The normalized spacial score (nSPS) is 11.1. The number of benzene rings is 2. The van der Waals surface area contributed by atoms with E-state index in [0.717, 1.165) is 21.7 Å². The highest BCUT2D eigenvalue weighted by molar-refractivity contribution is 7.99. The summed E-state index contributed by atoms with van der Waals surface area (Å²) in [6.07, 6.45) is 0. The van der Waals surface area contributed by atoms with E-state index in [1.807, 2.05) is 23.1 Å². The first kappa shape index (κ1) is 19.4. The minimum Gasteiger partial charge on any atom is -0.335 e. The molecule has 3 rings (SSSR count). The van der Waals surface area contributed by atoms with E-state index < -0.39 is 0 Å². The summed E-state index contributed by atoms with van der Waals surface area (Å²) in [5, 5.41) is 2.09. The van der Waals surface area contributed by atoms with Crippen LogP contribution in [-0.2, 0) is 11.3 Å². The molecule has 1 heterocycles. The lowest BCUT2D eigenvalue weighted by molar-refractivity contribution is -0.130. The molecule has 0 unspecified atom stereocenters. The number of fused-ring (bicyclic) bond motifs is 1. The molecule has 0 radical (unpaired) electrons. The molecule has 27 heavy (non-hydrogen) atoms. The first-order valence-electron chi connectivity index (χ1n) is 9.29. The highest BCUT2D eigenvalue weighted by atomic mass is 32.2. The third-order valence-electron chi connectivity index (χ3n) is 4.71. The molecule has 0 aliphatic carbocycles. The molecular weight excluding hydrogens is 352 g/mol. The van der Waals surface area contributed by atoms with E-state index in [1.54, 1.807) is 0 Å². The maximum Gasteiger partial charge on any atom is 0.233 e. The zero-order chi connectivity index (χ0) is 19.4. The number of carbonyl (C=O) groups excluding carboxylic acids is 1. The molecule has 0 bridgehead atoms. The van der Waals surface area contributed by atoms with E-state index in [9.17, 15) is 4.79 Å². The summed E-state index contributed by atoms with van der Waals surface area (Å²) in [6, 6.07) is 18.6. The molecule has 0 spiro atoms. The fourth-order valence-corrected chi connectivity index (χ4v) is 4.02. The molecule has 1 amide bonds. The molecule has 0 aliphatic heterocycles. The lowest BCUT2D eigenvalue weighted by Crippen LogP contribution is -2.37. The Bertz CT molecular complexity index is 938. The van der Waals surface area contributed by atoms with Crippen molar-refractivity contribution in [1.82, 2.24) is 9.88 Å². The molecule has 140 valence electrons. The number of aromatic nitrogens is 1. The molecule has 2 aromatic carbocycles. The Morgan fingerprint density at radius 2 is 1.78 bits per heavy atom. The second kappa shape index (κ2) is 8.57. The quantitative estimate of drug-likeness (QED) is 0.540. The number of thioether (sulfide) groups is 1. The van der Waals surface area contributed by atoms with Crippen molar-refractivity contribution in [3.05, 3.63) is 71.3 Å². The van der Waals surface area contributed by atoms with Gasteiger partial charge in [-0.1, -0.05) is 60.3 Å². The van der Waals surface area contributed by atoms with E-state index in [-0.39, 0.29) is 11.9 Å². The van der Waals surface area contributed by atoms with E-state index in [0.29, 0.717) is 12.3 Å². The van der Waals surface area contributed by atoms with Gasteiger partial charge in [0.25, 0.3) is 0 Å². The number of pyridine rings is 1. The van der Waals surface area contributed by atoms with Crippen LogP contribution in [0.5, 0.6) is 0 Å². The molecule has 3 aromatic rings. The number of hydrogen-bond acceptors (Lipinski definition) is 3. The van der Waals surface area contributed by atoms with Crippen LogP contribution >= 0.6 is 11.8 Å². The number of hydrogen-bond donors (Lipinski definition) is 0. The van der Waals surface area contributed by atoms with Crippen LogP contribution in [0.25, 0.3) is 10.9 Å². The number of aryl methyl sites for hydroxylation is 2. The molecule has 0 aliphatic rings. The van der Waals surface area contributed by atoms with Crippen LogP contribution in [0.3, 0.4) is 0 Å². The van der Waals surface area contributed by atoms with Gasteiger partial charge in [-0.2, -0.15) is 0 Å². The minimum atomic E-state index is 0.142. The lowest BCUT2D eigenvalue weighted by Gasteiger charge is -2.27. The van der Waals surface area contributed by atoms with Crippen molar-refractivity contribution < 1.29 is 4.79 Å². The number of para-hydroxylation sites is 1. The van der Waals surface area contributed by atoms with Crippen molar-refractivity contribution in [3.8, 4) is 0 Å². The summed E-state index contributed by atoms with van der Waals surface area (Å²) in [4.78, 5) is 19.6. The van der Waals surface area contributed by atoms with E-state index in [2.05, 4.69) is 64.1 Å². The zero-order valence-electron chi connectivity index (χ0n) is 16.4. The standard InChI is InChI=1S/C23H26N2OS/c1-16(2)25(14-19-10-6-5-7-11-19)22(26)15-27-21-13-18(4)20-12-8-9-17(3)23(20)24-21/h5-13,16H,14-15H2,1-4H3. The van der Waals surface area contributed by atoms with Gasteiger partial charge in [0, 0.05) is 18.0 Å². The average molecular weight is 379 g/mol. The zero-order valence-corrected chi connectivity index (χ0v) is 17.2. The molecule has 4 heteroatoms. The molecule has 0 saturated heterocycles. The van der Waals surface area contributed by atoms with Gasteiger partial charge in [0.05, 0.1) is 16.3 Å². The first-order chi connectivity index (χ1) is 13.0. The summed E-state index contributed by atoms with van der Waals surface area (Å²) in [5.41, 5.74) is 4.54. The summed E-state index contributed by atoms with van der Waals surface area (Å²) in [5.74, 6) is 0.539.